The third-order valence-corrected chi connectivity index (χ3v) is 3.15. The molecule has 2 rings (SSSR count). The fourth-order valence-corrected chi connectivity index (χ4v) is 1.84. The number of nitrogens with two attached hydrogens (primary N) is 1. The number of carboxylic acid groups (broad SMARTS) is 1. The summed E-state index contributed by atoms with van der Waals surface area (Å²) in [6, 6.07) is 10.3. The van der Waals surface area contributed by atoms with Crippen LogP contribution in [-0.4, -0.2) is 11.1 Å². The Morgan fingerprint density at radius 2 is 1.84 bits per heavy atom. The van der Waals surface area contributed by atoms with Gasteiger partial charge in [0.2, 0.25) is 0 Å². The van der Waals surface area contributed by atoms with Crippen LogP contribution in [0, 0.1) is 6.92 Å². The average Bonchev–Trinajstić information content (AvgIpc) is 2.36. The number of nitrogen functional groups attached to an aromatic ring is 1. The topological polar surface area (TPSA) is 75.3 Å². The maximum Gasteiger partial charge on any atom is 0.337 e. The van der Waals surface area contributed by atoms with E-state index < -0.39 is 5.97 Å². The van der Waals surface area contributed by atoms with Crippen molar-refractivity contribution in [2.24, 2.45) is 0 Å². The van der Waals surface area contributed by atoms with Gasteiger partial charge in [0.15, 0.2) is 0 Å². The summed E-state index contributed by atoms with van der Waals surface area (Å²) in [6.45, 7) is 1.91. The van der Waals surface area contributed by atoms with Gasteiger partial charge in [-0.05, 0) is 42.8 Å². The Balaban J connectivity index is 2.30. The number of anilines is 3. The molecule has 2 aromatic carbocycles. The Labute approximate surface area is 115 Å². The van der Waals surface area contributed by atoms with Gasteiger partial charge in [0, 0.05) is 22.1 Å². The van der Waals surface area contributed by atoms with Crippen molar-refractivity contribution in [1.29, 1.82) is 0 Å². The van der Waals surface area contributed by atoms with Crippen molar-refractivity contribution in [3.05, 3.63) is 52.5 Å². The zero-order chi connectivity index (χ0) is 14.0. The molecule has 0 saturated heterocycles. The lowest BCUT2D eigenvalue weighted by molar-refractivity contribution is 0.0698. The molecule has 0 amide bonds. The van der Waals surface area contributed by atoms with Crippen LogP contribution in [0.25, 0.3) is 0 Å². The number of carbonyl (C=O) groups is 1. The average molecular weight is 277 g/mol. The molecule has 0 atom stereocenters. The minimum absolute atomic E-state index is 0.0724. The van der Waals surface area contributed by atoms with Crippen LogP contribution in [0.3, 0.4) is 0 Å². The summed E-state index contributed by atoms with van der Waals surface area (Å²) in [6.07, 6.45) is 0. The van der Waals surface area contributed by atoms with Crippen molar-refractivity contribution in [1.82, 2.24) is 0 Å². The normalized spacial score (nSPS) is 10.2. The summed E-state index contributed by atoms with van der Waals surface area (Å²) >= 11 is 6.03. The number of aromatic carboxylic acids is 1. The maximum atomic E-state index is 11.0. The van der Waals surface area contributed by atoms with E-state index in [-0.39, 0.29) is 11.3 Å². The van der Waals surface area contributed by atoms with Gasteiger partial charge in [-0.2, -0.15) is 0 Å². The van der Waals surface area contributed by atoms with Gasteiger partial charge < -0.3 is 16.2 Å². The molecule has 0 fully saturated rings. The monoisotopic (exact) mass is 276 g/mol. The molecule has 4 N–H and O–H groups in total. The molecule has 0 unspecified atom stereocenters. The number of halogens is 1. The molecule has 2 aromatic rings. The molecule has 0 saturated carbocycles. The first-order chi connectivity index (χ1) is 8.97. The van der Waals surface area contributed by atoms with E-state index in [9.17, 15) is 4.79 Å². The van der Waals surface area contributed by atoms with Gasteiger partial charge in [-0.3, -0.25) is 0 Å². The second-order valence-electron chi connectivity index (χ2n) is 4.20. The lowest BCUT2D eigenvalue weighted by Crippen LogP contribution is -2.03. The van der Waals surface area contributed by atoms with E-state index in [1.165, 1.54) is 6.07 Å². The summed E-state index contributed by atoms with van der Waals surface area (Å²) in [4.78, 5) is 11.0. The predicted molar refractivity (Wildman–Crippen MR) is 77.3 cm³/mol. The SMILES string of the molecule is Cc1ccc(Nc2ccc(N)c(C(=O)O)c2)cc1Cl. The van der Waals surface area contributed by atoms with Crippen LogP contribution in [0.1, 0.15) is 15.9 Å². The van der Waals surface area contributed by atoms with Crippen molar-refractivity contribution in [3.8, 4) is 0 Å². The molecule has 0 spiro atoms. The second-order valence-corrected chi connectivity index (χ2v) is 4.60. The highest BCUT2D eigenvalue weighted by atomic mass is 35.5. The Morgan fingerprint density at radius 1 is 1.21 bits per heavy atom. The van der Waals surface area contributed by atoms with Crippen LogP contribution in [0.4, 0.5) is 17.1 Å². The Morgan fingerprint density at radius 3 is 2.47 bits per heavy atom. The molecule has 0 aliphatic rings. The zero-order valence-electron chi connectivity index (χ0n) is 10.3. The van der Waals surface area contributed by atoms with E-state index >= 15 is 0 Å². The number of hydrogen-bond donors (Lipinski definition) is 3. The van der Waals surface area contributed by atoms with Crippen molar-refractivity contribution in [3.63, 3.8) is 0 Å². The van der Waals surface area contributed by atoms with E-state index in [2.05, 4.69) is 5.32 Å². The summed E-state index contributed by atoms with van der Waals surface area (Å²) < 4.78 is 0. The molecular weight excluding hydrogens is 264 g/mol. The minimum Gasteiger partial charge on any atom is -0.478 e. The van der Waals surface area contributed by atoms with E-state index in [0.717, 1.165) is 11.3 Å². The van der Waals surface area contributed by atoms with E-state index in [0.29, 0.717) is 10.7 Å². The van der Waals surface area contributed by atoms with Gasteiger partial charge in [0.25, 0.3) is 0 Å². The first-order valence-electron chi connectivity index (χ1n) is 5.63. The summed E-state index contributed by atoms with van der Waals surface area (Å²) in [5.74, 6) is -1.05. The first-order valence-corrected chi connectivity index (χ1v) is 6.01. The van der Waals surface area contributed by atoms with Crippen LogP contribution in [0.15, 0.2) is 36.4 Å². The molecule has 0 aromatic heterocycles. The zero-order valence-corrected chi connectivity index (χ0v) is 11.0. The first kappa shape index (κ1) is 13.2. The van der Waals surface area contributed by atoms with Crippen LogP contribution in [0.5, 0.6) is 0 Å². The van der Waals surface area contributed by atoms with Crippen LogP contribution < -0.4 is 11.1 Å². The van der Waals surface area contributed by atoms with Gasteiger partial charge in [-0.15, -0.1) is 0 Å². The molecule has 0 bridgehead atoms. The third kappa shape index (κ3) is 2.98. The van der Waals surface area contributed by atoms with Crippen LogP contribution in [0.2, 0.25) is 5.02 Å². The van der Waals surface area contributed by atoms with Crippen molar-refractivity contribution in [2.75, 3.05) is 11.1 Å². The van der Waals surface area contributed by atoms with Crippen LogP contribution in [-0.2, 0) is 0 Å². The van der Waals surface area contributed by atoms with Crippen LogP contribution >= 0.6 is 11.6 Å². The Kier molecular flexibility index (Phi) is 3.62. The lowest BCUT2D eigenvalue weighted by atomic mass is 10.1. The van der Waals surface area contributed by atoms with Crippen molar-refractivity contribution >= 4 is 34.6 Å². The highest BCUT2D eigenvalue weighted by Crippen LogP contribution is 2.25. The fourth-order valence-electron chi connectivity index (χ4n) is 1.66. The summed E-state index contributed by atoms with van der Waals surface area (Å²) in [5.41, 5.74) is 8.32. The highest BCUT2D eigenvalue weighted by Gasteiger charge is 2.08. The Bertz CT molecular complexity index is 641. The standard InChI is InChI=1S/C14H13ClN2O2/c1-8-2-3-10(7-12(8)15)17-9-4-5-13(16)11(6-9)14(18)19/h2-7,17H,16H2,1H3,(H,18,19). The molecule has 98 valence electrons. The number of aryl methyl sites for hydroxylation is 1. The minimum atomic E-state index is -1.05. The summed E-state index contributed by atoms with van der Waals surface area (Å²) in [7, 11) is 0. The number of carboxylic acids is 1. The molecule has 0 radical (unpaired) electrons. The van der Waals surface area contributed by atoms with E-state index in [4.69, 9.17) is 22.4 Å². The van der Waals surface area contributed by atoms with Gasteiger partial charge in [-0.25, -0.2) is 4.79 Å². The molecule has 0 aliphatic carbocycles. The fraction of sp³-hybridized carbons (Fsp3) is 0.0714. The van der Waals surface area contributed by atoms with E-state index in [1.54, 1.807) is 18.2 Å². The number of nitrogens with one attached hydrogen (secondary N) is 1. The van der Waals surface area contributed by atoms with Gasteiger partial charge in [0.05, 0.1) is 5.56 Å². The van der Waals surface area contributed by atoms with Gasteiger partial charge in [-0.1, -0.05) is 17.7 Å². The predicted octanol–water partition coefficient (Wildman–Crippen LogP) is 3.67. The highest BCUT2D eigenvalue weighted by molar-refractivity contribution is 6.31. The van der Waals surface area contributed by atoms with Crippen molar-refractivity contribution < 1.29 is 9.90 Å². The quantitative estimate of drug-likeness (QED) is 0.748. The maximum absolute atomic E-state index is 11.0. The summed E-state index contributed by atoms with van der Waals surface area (Å²) in [5, 5.41) is 12.8. The number of hydrogen-bond acceptors (Lipinski definition) is 3. The van der Waals surface area contributed by atoms with Gasteiger partial charge >= 0.3 is 5.97 Å². The molecule has 19 heavy (non-hydrogen) atoms. The molecule has 0 aliphatic heterocycles. The number of rotatable bonds is 3. The molecule has 0 heterocycles. The van der Waals surface area contributed by atoms with E-state index in [1.807, 2.05) is 19.1 Å². The molecular formula is C14H13ClN2O2. The Hall–Kier alpha value is -2.20. The third-order valence-electron chi connectivity index (χ3n) is 2.74. The molecule has 5 heteroatoms. The second kappa shape index (κ2) is 5.20. The lowest BCUT2D eigenvalue weighted by Gasteiger charge is -2.10. The smallest absolute Gasteiger partial charge is 0.337 e. The largest absolute Gasteiger partial charge is 0.478 e. The number of benzene rings is 2. The van der Waals surface area contributed by atoms with Crippen molar-refractivity contribution in [2.45, 2.75) is 6.92 Å². The molecule has 4 nitrogen and oxygen atoms in total. The van der Waals surface area contributed by atoms with Gasteiger partial charge in [0.1, 0.15) is 0 Å².